The molecular weight excluding hydrogens is 360 g/mol. The Balaban J connectivity index is 2.27. The summed E-state index contributed by atoms with van der Waals surface area (Å²) in [6.45, 7) is 0.999. The lowest BCUT2D eigenvalue weighted by molar-refractivity contribution is -0.139. The number of aliphatic carboxylic acids is 1. The van der Waals surface area contributed by atoms with E-state index in [1.165, 1.54) is 23.5 Å². The highest BCUT2D eigenvalue weighted by Gasteiger charge is 2.30. The number of benzene rings is 1. The quantitative estimate of drug-likeness (QED) is 0.693. The second-order valence-corrected chi connectivity index (χ2v) is 8.01. The molecule has 1 saturated heterocycles. The van der Waals surface area contributed by atoms with Crippen molar-refractivity contribution in [1.29, 1.82) is 0 Å². The van der Waals surface area contributed by atoms with Gasteiger partial charge in [-0.2, -0.15) is 4.31 Å². The Bertz CT molecular complexity index is 743. The Labute approximate surface area is 153 Å². The van der Waals surface area contributed by atoms with Crippen LogP contribution in [0.1, 0.15) is 36.0 Å². The molecule has 1 atom stereocenters. The van der Waals surface area contributed by atoms with Gasteiger partial charge in [-0.05, 0) is 25.0 Å². The molecule has 0 bridgehead atoms. The first-order valence-corrected chi connectivity index (χ1v) is 9.93. The van der Waals surface area contributed by atoms with Gasteiger partial charge in [-0.15, -0.1) is 0 Å². The molecule has 26 heavy (non-hydrogen) atoms. The van der Waals surface area contributed by atoms with E-state index in [9.17, 15) is 23.1 Å². The molecule has 1 aromatic carbocycles. The van der Waals surface area contributed by atoms with E-state index >= 15 is 0 Å². The summed E-state index contributed by atoms with van der Waals surface area (Å²) < 4.78 is 32.1. The normalized spacial score (nSPS) is 16.8. The molecule has 9 heteroatoms. The summed E-state index contributed by atoms with van der Waals surface area (Å²) >= 11 is 0. The molecule has 0 spiro atoms. The Hall–Kier alpha value is -1.97. The highest BCUT2D eigenvalue weighted by atomic mass is 32.2. The molecule has 0 aromatic heterocycles. The number of hydrogen-bond donors (Lipinski definition) is 2. The molecule has 1 aromatic rings. The summed E-state index contributed by atoms with van der Waals surface area (Å²) in [5.74, 6) is -1.93. The molecule has 8 nitrogen and oxygen atoms in total. The number of piperidine rings is 1. The number of ether oxygens (including phenoxy) is 1. The van der Waals surface area contributed by atoms with Gasteiger partial charge in [0, 0.05) is 33.2 Å². The molecule has 2 rings (SSSR count). The van der Waals surface area contributed by atoms with Crippen LogP contribution in [0.25, 0.3) is 0 Å². The number of hydrogen-bond acceptors (Lipinski definition) is 5. The minimum absolute atomic E-state index is 0.0539. The summed E-state index contributed by atoms with van der Waals surface area (Å²) in [4.78, 5) is 23.8. The van der Waals surface area contributed by atoms with E-state index < -0.39 is 27.9 Å². The average molecular weight is 384 g/mol. The van der Waals surface area contributed by atoms with Crippen LogP contribution < -0.4 is 5.32 Å². The van der Waals surface area contributed by atoms with Crippen molar-refractivity contribution in [2.75, 3.05) is 26.8 Å². The Morgan fingerprint density at radius 3 is 2.50 bits per heavy atom. The van der Waals surface area contributed by atoms with Crippen LogP contribution in [0.2, 0.25) is 0 Å². The summed E-state index contributed by atoms with van der Waals surface area (Å²) in [6, 6.07) is 4.71. The van der Waals surface area contributed by atoms with Gasteiger partial charge in [-0.1, -0.05) is 18.6 Å². The minimum Gasteiger partial charge on any atom is -0.480 e. The van der Waals surface area contributed by atoms with Crippen LogP contribution in [-0.2, 0) is 19.6 Å². The van der Waals surface area contributed by atoms with Gasteiger partial charge in [-0.25, -0.2) is 13.2 Å². The van der Waals surface area contributed by atoms with Crippen molar-refractivity contribution in [3.05, 3.63) is 29.8 Å². The monoisotopic (exact) mass is 384 g/mol. The number of carboxylic acid groups (broad SMARTS) is 1. The van der Waals surface area contributed by atoms with Crippen LogP contribution in [0, 0.1) is 0 Å². The number of sulfonamides is 1. The van der Waals surface area contributed by atoms with Gasteiger partial charge >= 0.3 is 5.97 Å². The van der Waals surface area contributed by atoms with E-state index in [-0.39, 0.29) is 23.5 Å². The van der Waals surface area contributed by atoms with E-state index in [1.54, 1.807) is 12.1 Å². The number of carbonyl (C=O) groups excluding carboxylic acids is 1. The second-order valence-electron chi connectivity index (χ2n) is 6.11. The van der Waals surface area contributed by atoms with Gasteiger partial charge in [-0.3, -0.25) is 4.79 Å². The molecule has 1 heterocycles. The molecule has 0 aliphatic carbocycles. The number of methoxy groups -OCH3 is 1. The molecule has 1 fully saturated rings. The van der Waals surface area contributed by atoms with Crippen molar-refractivity contribution >= 4 is 21.9 Å². The summed E-state index contributed by atoms with van der Waals surface area (Å²) in [5.41, 5.74) is -0.0539. The van der Waals surface area contributed by atoms with Gasteiger partial charge in [0.1, 0.15) is 6.04 Å². The smallest absolute Gasteiger partial charge is 0.326 e. The van der Waals surface area contributed by atoms with Crippen LogP contribution in [-0.4, -0.2) is 62.6 Å². The zero-order valence-corrected chi connectivity index (χ0v) is 15.5. The largest absolute Gasteiger partial charge is 0.480 e. The maximum atomic E-state index is 12.9. The van der Waals surface area contributed by atoms with Crippen molar-refractivity contribution < 1.29 is 27.9 Å². The number of amides is 1. The maximum absolute atomic E-state index is 12.9. The summed E-state index contributed by atoms with van der Waals surface area (Å²) in [6.07, 6.45) is 2.63. The topological polar surface area (TPSA) is 113 Å². The highest BCUT2D eigenvalue weighted by Crippen LogP contribution is 2.23. The number of nitrogens with one attached hydrogen (secondary N) is 1. The van der Waals surface area contributed by atoms with Crippen molar-refractivity contribution in [1.82, 2.24) is 9.62 Å². The third-order valence-corrected chi connectivity index (χ3v) is 6.24. The first-order chi connectivity index (χ1) is 12.4. The number of carbonyl (C=O) groups is 2. The highest BCUT2D eigenvalue weighted by molar-refractivity contribution is 7.89. The fraction of sp³-hybridized carbons (Fsp3) is 0.529. The molecular formula is C17H24N2O6S. The van der Waals surface area contributed by atoms with Crippen molar-refractivity contribution in [2.45, 2.75) is 36.6 Å². The fourth-order valence-electron chi connectivity index (χ4n) is 2.85. The van der Waals surface area contributed by atoms with Gasteiger partial charge < -0.3 is 15.2 Å². The summed E-state index contributed by atoms with van der Waals surface area (Å²) in [5, 5.41) is 11.6. The Kier molecular flexibility index (Phi) is 7.13. The van der Waals surface area contributed by atoms with Crippen LogP contribution in [0.5, 0.6) is 0 Å². The van der Waals surface area contributed by atoms with Crippen molar-refractivity contribution in [2.24, 2.45) is 0 Å². The lowest BCUT2D eigenvalue weighted by Crippen LogP contribution is -2.42. The lowest BCUT2D eigenvalue weighted by Gasteiger charge is -2.26. The molecule has 1 aliphatic rings. The Morgan fingerprint density at radius 1 is 1.23 bits per heavy atom. The first-order valence-electron chi connectivity index (χ1n) is 8.49. The molecule has 2 N–H and O–H groups in total. The van der Waals surface area contributed by atoms with Gasteiger partial charge in [0.25, 0.3) is 5.91 Å². The van der Waals surface area contributed by atoms with E-state index in [2.05, 4.69) is 5.32 Å². The third-order valence-electron chi connectivity index (χ3n) is 4.28. The summed E-state index contributed by atoms with van der Waals surface area (Å²) in [7, 11) is -2.38. The van der Waals surface area contributed by atoms with Crippen molar-refractivity contribution in [3.63, 3.8) is 0 Å². The molecule has 144 valence electrons. The number of rotatable bonds is 8. The SMILES string of the molecule is COCCC(NC(=O)c1ccccc1S(=O)(=O)N1CCCCC1)C(=O)O. The number of nitrogens with zero attached hydrogens (tertiary/aromatic N) is 1. The standard InChI is InChI=1S/C17H24N2O6S/c1-25-12-9-14(17(21)22)18-16(20)13-7-3-4-8-15(13)26(23,24)19-10-5-2-6-11-19/h3-4,7-8,14H,2,5-6,9-12H2,1H3,(H,18,20)(H,21,22). The molecule has 1 amide bonds. The zero-order chi connectivity index (χ0) is 19.2. The fourth-order valence-corrected chi connectivity index (χ4v) is 4.56. The minimum atomic E-state index is -3.81. The molecule has 1 aliphatic heterocycles. The Morgan fingerprint density at radius 2 is 1.88 bits per heavy atom. The zero-order valence-electron chi connectivity index (χ0n) is 14.7. The number of carboxylic acids is 1. The van der Waals surface area contributed by atoms with Gasteiger partial charge in [0.15, 0.2) is 0 Å². The lowest BCUT2D eigenvalue weighted by atomic mass is 10.1. The first kappa shape index (κ1) is 20.3. The second kappa shape index (κ2) is 9.11. The predicted molar refractivity (Wildman–Crippen MR) is 94.4 cm³/mol. The average Bonchev–Trinajstić information content (AvgIpc) is 2.65. The molecule has 1 unspecified atom stereocenters. The van der Waals surface area contributed by atoms with Gasteiger partial charge in [0.2, 0.25) is 10.0 Å². The van der Waals surface area contributed by atoms with Crippen LogP contribution in [0.15, 0.2) is 29.2 Å². The van der Waals surface area contributed by atoms with Crippen LogP contribution in [0.3, 0.4) is 0 Å². The van der Waals surface area contributed by atoms with E-state index in [0.717, 1.165) is 19.3 Å². The van der Waals surface area contributed by atoms with Gasteiger partial charge in [0.05, 0.1) is 10.5 Å². The van der Waals surface area contributed by atoms with Crippen LogP contribution in [0.4, 0.5) is 0 Å². The predicted octanol–water partition coefficient (Wildman–Crippen LogP) is 1.08. The maximum Gasteiger partial charge on any atom is 0.326 e. The van der Waals surface area contributed by atoms with E-state index in [4.69, 9.17) is 4.74 Å². The molecule has 0 saturated carbocycles. The van der Waals surface area contributed by atoms with E-state index in [1.807, 2.05) is 0 Å². The third kappa shape index (κ3) is 4.80. The van der Waals surface area contributed by atoms with E-state index in [0.29, 0.717) is 13.1 Å². The van der Waals surface area contributed by atoms with Crippen molar-refractivity contribution in [3.8, 4) is 0 Å². The van der Waals surface area contributed by atoms with Crippen LogP contribution >= 0.6 is 0 Å². The molecule has 0 radical (unpaired) electrons.